The summed E-state index contributed by atoms with van der Waals surface area (Å²) in [6, 6.07) is -1.91. The van der Waals surface area contributed by atoms with Crippen molar-refractivity contribution in [1.82, 2.24) is 10.2 Å². The number of carbonyl (C=O) groups is 4. The van der Waals surface area contributed by atoms with Crippen LogP contribution in [0.3, 0.4) is 0 Å². The molecule has 0 bridgehead atoms. The molecule has 1 saturated carbocycles. The number of alkyl halides is 3. The highest BCUT2D eigenvalue weighted by Gasteiger charge is 2.38. The number of carbonyl (C=O) groups excluding carboxylic acids is 2. The Morgan fingerprint density at radius 3 is 2.15 bits per heavy atom. The maximum Gasteiger partial charge on any atom is 0.490 e. The molecule has 1 amide bonds. The van der Waals surface area contributed by atoms with Gasteiger partial charge in [0.25, 0.3) is 0 Å². The Bertz CT molecular complexity index is 696. The molecule has 2 fully saturated rings. The Morgan fingerprint density at radius 2 is 1.65 bits per heavy atom. The van der Waals surface area contributed by atoms with Crippen molar-refractivity contribution in [2.75, 3.05) is 13.2 Å². The van der Waals surface area contributed by atoms with Crippen LogP contribution in [-0.4, -0.2) is 76.4 Å². The largest absolute Gasteiger partial charge is 0.490 e. The fourth-order valence-corrected chi connectivity index (χ4v) is 4.30. The summed E-state index contributed by atoms with van der Waals surface area (Å²) < 4.78 is 36.9. The van der Waals surface area contributed by atoms with Crippen LogP contribution < -0.4 is 5.32 Å². The molecule has 0 aromatic carbocycles. The highest BCUT2D eigenvalue weighted by atomic mass is 19.4. The quantitative estimate of drug-likeness (QED) is 0.415. The minimum atomic E-state index is -5.08. The SMILES string of the molecule is CCOC(=O)[C@H](CCC1CCCCC1)N[C@@H](C)C(=O)N1CCC[C@H]1C(=O)O.O=C(O)C(F)(F)F. The molecule has 0 aromatic rings. The van der Waals surface area contributed by atoms with Gasteiger partial charge in [0.2, 0.25) is 5.91 Å². The molecule has 1 saturated heterocycles. The smallest absolute Gasteiger partial charge is 0.480 e. The molecule has 2 rings (SSSR count). The van der Waals surface area contributed by atoms with Gasteiger partial charge in [0.1, 0.15) is 12.1 Å². The lowest BCUT2D eigenvalue weighted by Crippen LogP contribution is -2.53. The number of halogens is 3. The minimum absolute atomic E-state index is 0.258. The van der Waals surface area contributed by atoms with E-state index in [4.69, 9.17) is 14.6 Å². The molecular weight excluding hydrogens is 461 g/mol. The minimum Gasteiger partial charge on any atom is -0.480 e. The van der Waals surface area contributed by atoms with Crippen molar-refractivity contribution >= 4 is 23.8 Å². The van der Waals surface area contributed by atoms with Crippen molar-refractivity contribution in [3.05, 3.63) is 0 Å². The van der Waals surface area contributed by atoms with Gasteiger partial charge in [0.15, 0.2) is 0 Å². The van der Waals surface area contributed by atoms with Crippen LogP contribution in [0.1, 0.15) is 71.6 Å². The molecule has 12 heteroatoms. The number of nitrogens with one attached hydrogen (secondary N) is 1. The number of nitrogens with zero attached hydrogens (tertiary/aromatic N) is 1. The van der Waals surface area contributed by atoms with Crippen LogP contribution in [0, 0.1) is 5.92 Å². The van der Waals surface area contributed by atoms with E-state index in [0.29, 0.717) is 38.3 Å². The van der Waals surface area contributed by atoms with Crippen LogP contribution >= 0.6 is 0 Å². The summed E-state index contributed by atoms with van der Waals surface area (Å²) in [7, 11) is 0. The topological polar surface area (TPSA) is 133 Å². The summed E-state index contributed by atoms with van der Waals surface area (Å²) in [6.45, 7) is 4.22. The third kappa shape index (κ3) is 9.86. The van der Waals surface area contributed by atoms with E-state index in [0.717, 1.165) is 6.42 Å². The number of aliphatic carboxylic acids is 2. The monoisotopic (exact) mass is 496 g/mol. The van der Waals surface area contributed by atoms with Crippen LogP contribution in [0.25, 0.3) is 0 Å². The molecule has 34 heavy (non-hydrogen) atoms. The van der Waals surface area contributed by atoms with Crippen LogP contribution in [0.5, 0.6) is 0 Å². The van der Waals surface area contributed by atoms with E-state index >= 15 is 0 Å². The summed E-state index contributed by atoms with van der Waals surface area (Å²) in [5.74, 6) is -3.67. The van der Waals surface area contributed by atoms with Crippen molar-refractivity contribution < 1.29 is 47.3 Å². The summed E-state index contributed by atoms with van der Waals surface area (Å²) in [6.07, 6.45) is 3.89. The van der Waals surface area contributed by atoms with Gasteiger partial charge in [-0.1, -0.05) is 32.1 Å². The van der Waals surface area contributed by atoms with E-state index in [1.165, 1.54) is 37.0 Å². The van der Waals surface area contributed by atoms with Crippen LogP contribution in [0.4, 0.5) is 13.2 Å². The predicted octanol–water partition coefficient (Wildman–Crippen LogP) is 2.97. The zero-order valence-electron chi connectivity index (χ0n) is 19.6. The molecule has 0 aromatic heterocycles. The van der Waals surface area contributed by atoms with Gasteiger partial charge in [-0.3, -0.25) is 14.9 Å². The molecule has 3 atom stereocenters. The number of carboxylic acids is 2. The lowest BCUT2D eigenvalue weighted by molar-refractivity contribution is -0.192. The fraction of sp³-hybridized carbons (Fsp3) is 0.818. The van der Waals surface area contributed by atoms with Crippen molar-refractivity contribution in [2.24, 2.45) is 5.92 Å². The zero-order chi connectivity index (χ0) is 25.9. The Kier molecular flexibility index (Phi) is 12.3. The second-order valence-corrected chi connectivity index (χ2v) is 8.61. The maximum atomic E-state index is 12.7. The van der Waals surface area contributed by atoms with E-state index < -0.39 is 36.2 Å². The predicted molar refractivity (Wildman–Crippen MR) is 115 cm³/mol. The van der Waals surface area contributed by atoms with Crippen LogP contribution in [-0.2, 0) is 23.9 Å². The Balaban J connectivity index is 0.000000718. The van der Waals surface area contributed by atoms with Gasteiger partial charge in [0, 0.05) is 6.54 Å². The van der Waals surface area contributed by atoms with Crippen molar-refractivity contribution in [2.45, 2.75) is 95.9 Å². The number of carboxylic acid groups (broad SMARTS) is 2. The van der Waals surface area contributed by atoms with Gasteiger partial charge in [-0.25, -0.2) is 9.59 Å². The number of ether oxygens (including phenoxy) is 1. The Morgan fingerprint density at radius 1 is 1.06 bits per heavy atom. The fourth-order valence-electron chi connectivity index (χ4n) is 4.30. The van der Waals surface area contributed by atoms with E-state index in [-0.39, 0.29) is 11.9 Å². The van der Waals surface area contributed by atoms with Crippen LogP contribution in [0.15, 0.2) is 0 Å². The van der Waals surface area contributed by atoms with Crippen molar-refractivity contribution in [1.29, 1.82) is 0 Å². The van der Waals surface area contributed by atoms with E-state index in [1.54, 1.807) is 13.8 Å². The molecule has 0 unspecified atom stereocenters. The molecule has 2 aliphatic rings. The Labute approximate surface area is 197 Å². The van der Waals surface area contributed by atoms with Gasteiger partial charge in [0.05, 0.1) is 12.6 Å². The summed E-state index contributed by atoms with van der Waals surface area (Å²) in [4.78, 5) is 46.8. The van der Waals surface area contributed by atoms with Crippen molar-refractivity contribution in [3.8, 4) is 0 Å². The Hall–Kier alpha value is -2.37. The van der Waals surface area contributed by atoms with E-state index in [1.807, 2.05) is 0 Å². The molecule has 1 aliphatic carbocycles. The number of esters is 1. The third-order valence-corrected chi connectivity index (χ3v) is 6.04. The van der Waals surface area contributed by atoms with Crippen LogP contribution in [0.2, 0.25) is 0 Å². The lowest BCUT2D eigenvalue weighted by Gasteiger charge is -2.29. The third-order valence-electron chi connectivity index (χ3n) is 6.04. The summed E-state index contributed by atoms with van der Waals surface area (Å²) in [5, 5.41) is 19.5. The molecule has 1 heterocycles. The first-order chi connectivity index (χ1) is 15.9. The first-order valence-electron chi connectivity index (χ1n) is 11.6. The maximum absolute atomic E-state index is 12.7. The molecule has 9 nitrogen and oxygen atoms in total. The van der Waals surface area contributed by atoms with Crippen molar-refractivity contribution in [3.63, 3.8) is 0 Å². The van der Waals surface area contributed by atoms with Gasteiger partial charge < -0.3 is 19.8 Å². The molecular formula is C22H35F3N2O7. The second kappa shape index (κ2) is 14.1. The zero-order valence-corrected chi connectivity index (χ0v) is 19.6. The highest BCUT2D eigenvalue weighted by molar-refractivity contribution is 5.88. The number of hydrogen-bond donors (Lipinski definition) is 3. The first kappa shape index (κ1) is 29.7. The lowest BCUT2D eigenvalue weighted by atomic mass is 9.85. The summed E-state index contributed by atoms with van der Waals surface area (Å²) >= 11 is 0. The highest BCUT2D eigenvalue weighted by Crippen LogP contribution is 2.28. The van der Waals surface area contributed by atoms with E-state index in [2.05, 4.69) is 5.32 Å². The van der Waals surface area contributed by atoms with Gasteiger partial charge in [-0.05, 0) is 45.4 Å². The number of rotatable bonds is 9. The molecule has 1 aliphatic heterocycles. The van der Waals surface area contributed by atoms with E-state index in [9.17, 15) is 32.7 Å². The average molecular weight is 497 g/mol. The average Bonchev–Trinajstić information content (AvgIpc) is 3.27. The standard InChI is InChI=1S/C20H34N2O5.C2HF3O2/c1-3-27-20(26)16(12-11-15-8-5-4-6-9-15)21-14(2)18(23)22-13-7-10-17(22)19(24)25;3-2(4,5)1(6)7/h14-17,21H,3-13H2,1-2H3,(H,24,25);(H,6,7)/t14-,16-,17-;/m0./s1. The van der Waals surface area contributed by atoms with Gasteiger partial charge in [-0.15, -0.1) is 0 Å². The first-order valence-corrected chi connectivity index (χ1v) is 11.6. The van der Waals surface area contributed by atoms with Gasteiger partial charge in [-0.2, -0.15) is 13.2 Å². The summed E-state index contributed by atoms with van der Waals surface area (Å²) in [5.41, 5.74) is 0. The molecule has 196 valence electrons. The van der Waals surface area contributed by atoms with Gasteiger partial charge >= 0.3 is 24.1 Å². The second-order valence-electron chi connectivity index (χ2n) is 8.61. The number of hydrogen-bond acceptors (Lipinski definition) is 6. The number of likely N-dealkylation sites (tertiary alicyclic amines) is 1. The molecule has 0 spiro atoms. The number of amides is 1. The molecule has 3 N–H and O–H groups in total. The molecule has 0 radical (unpaired) electrons. The normalized spacial score (nSPS) is 20.6.